The first kappa shape index (κ1) is 16.4. The van der Waals surface area contributed by atoms with Gasteiger partial charge in [0.15, 0.2) is 0 Å². The lowest BCUT2D eigenvalue weighted by molar-refractivity contribution is 0.102. The highest BCUT2D eigenvalue weighted by atomic mass is 16.5. The summed E-state index contributed by atoms with van der Waals surface area (Å²) in [5, 5.41) is 2.88. The highest BCUT2D eigenvalue weighted by molar-refractivity contribution is 6.06. The van der Waals surface area contributed by atoms with E-state index in [1.807, 2.05) is 60.7 Å². The number of carbonyl (C=O) groups excluding carboxylic acids is 1. The Kier molecular flexibility index (Phi) is 5.13. The number of ether oxygens (including phenoxy) is 1. The van der Waals surface area contributed by atoms with Gasteiger partial charge in [0, 0.05) is 11.1 Å². The number of anilines is 1. The molecule has 0 unspecified atom stereocenters. The molecule has 0 aliphatic heterocycles. The van der Waals surface area contributed by atoms with Crippen molar-refractivity contribution in [2.24, 2.45) is 0 Å². The minimum Gasteiger partial charge on any atom is -0.495 e. The molecule has 0 aromatic heterocycles. The van der Waals surface area contributed by atoms with Crippen LogP contribution in [-0.2, 0) is 0 Å². The number of methoxy groups -OCH3 is 1. The van der Waals surface area contributed by atoms with Crippen LogP contribution in [0.5, 0.6) is 5.75 Å². The second-order valence-corrected chi connectivity index (χ2v) is 5.32. The van der Waals surface area contributed by atoms with Gasteiger partial charge in [0.05, 0.1) is 18.4 Å². The van der Waals surface area contributed by atoms with Crippen LogP contribution in [0.3, 0.4) is 0 Å². The van der Waals surface area contributed by atoms with Gasteiger partial charge in [0.1, 0.15) is 5.75 Å². The monoisotopic (exact) mass is 327 g/mol. The topological polar surface area (TPSA) is 38.3 Å². The first-order chi connectivity index (χ1) is 12.3. The second kappa shape index (κ2) is 7.85. The third-order valence-corrected chi connectivity index (χ3v) is 3.64. The molecular weight excluding hydrogens is 310 g/mol. The molecule has 3 heteroatoms. The summed E-state index contributed by atoms with van der Waals surface area (Å²) >= 11 is 0. The summed E-state index contributed by atoms with van der Waals surface area (Å²) in [6, 6.07) is 24.3. The first-order valence-corrected chi connectivity index (χ1v) is 7.88. The number of amides is 1. The van der Waals surface area contributed by atoms with Crippen LogP contribution in [0.4, 0.5) is 5.69 Å². The molecule has 3 rings (SSSR count). The maximum atomic E-state index is 12.7. The Balaban J connectivity index is 1.88. The summed E-state index contributed by atoms with van der Waals surface area (Å²) in [5.41, 5.74) is 2.74. The summed E-state index contributed by atoms with van der Waals surface area (Å²) in [7, 11) is 1.57. The fourth-order valence-electron chi connectivity index (χ4n) is 2.39. The average Bonchev–Trinajstić information content (AvgIpc) is 2.68. The van der Waals surface area contributed by atoms with Crippen molar-refractivity contribution in [3.05, 3.63) is 95.6 Å². The third kappa shape index (κ3) is 4.07. The van der Waals surface area contributed by atoms with Gasteiger partial charge in [0.2, 0.25) is 0 Å². The Morgan fingerprint density at radius 2 is 1.52 bits per heavy atom. The SMILES string of the molecule is COc1ccccc1NC(=O)c1ccccc1C#Cc1ccccc1. The Labute approximate surface area is 147 Å². The standard InChI is InChI=1S/C22H17NO2/c1-25-21-14-8-7-13-20(21)23-22(24)19-12-6-5-11-18(19)16-15-17-9-3-2-4-10-17/h2-14H,1H3,(H,23,24). The summed E-state index contributed by atoms with van der Waals surface area (Å²) in [4.78, 5) is 12.7. The van der Waals surface area contributed by atoms with Crippen LogP contribution in [0.1, 0.15) is 21.5 Å². The summed E-state index contributed by atoms with van der Waals surface area (Å²) in [6.45, 7) is 0. The predicted molar refractivity (Wildman–Crippen MR) is 99.8 cm³/mol. The molecule has 0 aliphatic carbocycles. The van der Waals surface area contributed by atoms with E-state index in [0.29, 0.717) is 22.6 Å². The summed E-state index contributed by atoms with van der Waals surface area (Å²) in [5.74, 6) is 6.57. The quantitative estimate of drug-likeness (QED) is 0.726. The van der Waals surface area contributed by atoms with Crippen molar-refractivity contribution in [3.8, 4) is 17.6 Å². The Hall–Kier alpha value is -3.51. The number of benzene rings is 3. The fraction of sp³-hybridized carbons (Fsp3) is 0.0455. The van der Waals surface area contributed by atoms with Gasteiger partial charge in [-0.05, 0) is 36.4 Å². The van der Waals surface area contributed by atoms with Gasteiger partial charge < -0.3 is 10.1 Å². The Bertz CT molecular complexity index is 937. The normalized spacial score (nSPS) is 9.64. The molecule has 0 fully saturated rings. The van der Waals surface area contributed by atoms with E-state index in [0.717, 1.165) is 5.56 Å². The average molecular weight is 327 g/mol. The lowest BCUT2D eigenvalue weighted by atomic mass is 10.1. The molecule has 3 aromatic carbocycles. The van der Waals surface area contributed by atoms with Gasteiger partial charge in [-0.25, -0.2) is 0 Å². The van der Waals surface area contributed by atoms with Gasteiger partial charge in [-0.3, -0.25) is 4.79 Å². The fourth-order valence-corrected chi connectivity index (χ4v) is 2.39. The Morgan fingerprint density at radius 1 is 0.840 bits per heavy atom. The maximum absolute atomic E-state index is 12.7. The smallest absolute Gasteiger partial charge is 0.257 e. The van der Waals surface area contributed by atoms with Gasteiger partial charge in [0.25, 0.3) is 5.91 Å². The third-order valence-electron chi connectivity index (χ3n) is 3.64. The largest absolute Gasteiger partial charge is 0.495 e. The molecule has 0 radical (unpaired) electrons. The number of nitrogens with one attached hydrogen (secondary N) is 1. The molecule has 25 heavy (non-hydrogen) atoms. The van der Waals surface area contributed by atoms with Crippen LogP contribution in [0, 0.1) is 11.8 Å². The number of para-hydroxylation sites is 2. The molecular formula is C22H17NO2. The predicted octanol–water partition coefficient (Wildman–Crippen LogP) is 4.35. The van der Waals surface area contributed by atoms with Crippen LogP contribution >= 0.6 is 0 Å². The lowest BCUT2D eigenvalue weighted by Crippen LogP contribution is -2.14. The van der Waals surface area contributed by atoms with Crippen LogP contribution < -0.4 is 10.1 Å². The van der Waals surface area contributed by atoms with E-state index in [9.17, 15) is 4.79 Å². The van der Waals surface area contributed by atoms with Gasteiger partial charge in [-0.15, -0.1) is 0 Å². The van der Waals surface area contributed by atoms with Crippen molar-refractivity contribution in [1.82, 2.24) is 0 Å². The second-order valence-electron chi connectivity index (χ2n) is 5.32. The summed E-state index contributed by atoms with van der Waals surface area (Å²) in [6.07, 6.45) is 0. The minimum absolute atomic E-state index is 0.220. The molecule has 0 saturated carbocycles. The Morgan fingerprint density at radius 3 is 2.32 bits per heavy atom. The van der Waals surface area contributed by atoms with Crippen molar-refractivity contribution in [1.29, 1.82) is 0 Å². The zero-order chi connectivity index (χ0) is 17.5. The van der Waals surface area contributed by atoms with E-state index in [1.54, 1.807) is 25.3 Å². The van der Waals surface area contributed by atoms with Gasteiger partial charge in [-0.1, -0.05) is 54.3 Å². The zero-order valence-electron chi connectivity index (χ0n) is 13.8. The minimum atomic E-state index is -0.220. The van der Waals surface area contributed by atoms with Crippen molar-refractivity contribution >= 4 is 11.6 Å². The van der Waals surface area contributed by atoms with Gasteiger partial charge >= 0.3 is 0 Å². The van der Waals surface area contributed by atoms with Crippen LogP contribution in [0.15, 0.2) is 78.9 Å². The molecule has 122 valence electrons. The van der Waals surface area contributed by atoms with E-state index in [2.05, 4.69) is 17.2 Å². The van der Waals surface area contributed by atoms with Crippen molar-refractivity contribution in [2.45, 2.75) is 0 Å². The molecule has 0 saturated heterocycles. The van der Waals surface area contributed by atoms with Crippen molar-refractivity contribution in [3.63, 3.8) is 0 Å². The molecule has 3 aromatic rings. The van der Waals surface area contributed by atoms with Crippen LogP contribution in [-0.4, -0.2) is 13.0 Å². The molecule has 0 aliphatic rings. The van der Waals surface area contributed by atoms with E-state index in [4.69, 9.17) is 4.74 Å². The van der Waals surface area contributed by atoms with Crippen molar-refractivity contribution < 1.29 is 9.53 Å². The summed E-state index contributed by atoms with van der Waals surface area (Å²) < 4.78 is 5.27. The van der Waals surface area contributed by atoms with E-state index in [1.165, 1.54) is 0 Å². The highest BCUT2D eigenvalue weighted by Gasteiger charge is 2.12. The molecule has 0 bridgehead atoms. The highest BCUT2D eigenvalue weighted by Crippen LogP contribution is 2.24. The van der Waals surface area contributed by atoms with E-state index >= 15 is 0 Å². The maximum Gasteiger partial charge on any atom is 0.257 e. The molecule has 3 nitrogen and oxygen atoms in total. The van der Waals surface area contributed by atoms with Crippen LogP contribution in [0.25, 0.3) is 0 Å². The number of carbonyl (C=O) groups is 1. The van der Waals surface area contributed by atoms with E-state index < -0.39 is 0 Å². The van der Waals surface area contributed by atoms with Gasteiger partial charge in [-0.2, -0.15) is 0 Å². The van der Waals surface area contributed by atoms with Crippen LogP contribution in [0.2, 0.25) is 0 Å². The zero-order valence-corrected chi connectivity index (χ0v) is 13.8. The number of hydrogen-bond donors (Lipinski definition) is 1. The lowest BCUT2D eigenvalue weighted by Gasteiger charge is -2.10. The first-order valence-electron chi connectivity index (χ1n) is 7.88. The molecule has 0 atom stereocenters. The number of hydrogen-bond acceptors (Lipinski definition) is 2. The molecule has 1 amide bonds. The molecule has 1 N–H and O–H groups in total. The molecule has 0 spiro atoms. The van der Waals surface area contributed by atoms with E-state index in [-0.39, 0.29) is 5.91 Å². The number of rotatable bonds is 3. The van der Waals surface area contributed by atoms with Crippen molar-refractivity contribution in [2.75, 3.05) is 12.4 Å². The molecule has 0 heterocycles.